The van der Waals surface area contributed by atoms with E-state index in [2.05, 4.69) is 15.7 Å². The molecule has 1 aromatic heterocycles. The van der Waals surface area contributed by atoms with E-state index in [0.717, 1.165) is 42.5 Å². The van der Waals surface area contributed by atoms with Gasteiger partial charge in [0.25, 0.3) is 5.92 Å². The van der Waals surface area contributed by atoms with Gasteiger partial charge in [-0.05, 0) is 50.0 Å². The van der Waals surface area contributed by atoms with Crippen LogP contribution in [0, 0.1) is 5.82 Å². The Morgan fingerprint density at radius 1 is 1.20 bits per heavy atom. The molecule has 4 rings (SSSR count). The third-order valence-electron chi connectivity index (χ3n) is 5.54. The molecule has 1 aromatic carbocycles. The van der Waals surface area contributed by atoms with E-state index in [9.17, 15) is 13.2 Å². The fourth-order valence-electron chi connectivity index (χ4n) is 4.19. The van der Waals surface area contributed by atoms with Gasteiger partial charge in [0.2, 0.25) is 0 Å². The van der Waals surface area contributed by atoms with Crippen LogP contribution < -0.4 is 10.6 Å². The van der Waals surface area contributed by atoms with Gasteiger partial charge in [0, 0.05) is 24.9 Å². The Kier molecular flexibility index (Phi) is 4.24. The van der Waals surface area contributed by atoms with E-state index in [1.807, 2.05) is 0 Å². The fourth-order valence-corrected chi connectivity index (χ4v) is 4.19. The first-order valence-corrected chi connectivity index (χ1v) is 8.92. The summed E-state index contributed by atoms with van der Waals surface area (Å²) in [4.78, 5) is 0. The summed E-state index contributed by atoms with van der Waals surface area (Å²) in [5.41, 5.74) is 1.70. The number of rotatable bonds is 2. The Balaban J connectivity index is 1.78. The maximum absolute atomic E-state index is 14.8. The first-order chi connectivity index (χ1) is 12.0. The fraction of sp³-hybridized carbons (Fsp3) is 0.611. The number of alkyl halides is 2. The van der Waals surface area contributed by atoms with Crippen LogP contribution in [0.4, 0.5) is 13.2 Å². The molecule has 0 aliphatic carbocycles. The number of halogens is 3. The van der Waals surface area contributed by atoms with Crippen LogP contribution in [0.15, 0.2) is 12.1 Å². The van der Waals surface area contributed by atoms with Crippen LogP contribution in [-0.4, -0.2) is 41.9 Å². The molecule has 7 heteroatoms. The van der Waals surface area contributed by atoms with E-state index in [0.29, 0.717) is 6.54 Å². The molecule has 2 atom stereocenters. The SMILES string of the molecule is Cn1nc(C2CCCNC2)c2cc(F)c(C3CCNCC3(F)F)cc21. The third kappa shape index (κ3) is 2.93. The summed E-state index contributed by atoms with van der Waals surface area (Å²) in [6.45, 7) is 1.88. The molecule has 2 fully saturated rings. The van der Waals surface area contributed by atoms with E-state index < -0.39 is 24.2 Å². The molecule has 0 spiro atoms. The van der Waals surface area contributed by atoms with Crippen LogP contribution in [0.25, 0.3) is 10.9 Å². The number of hydrogen-bond acceptors (Lipinski definition) is 3. The molecule has 0 saturated carbocycles. The number of hydrogen-bond donors (Lipinski definition) is 2. The van der Waals surface area contributed by atoms with Gasteiger partial charge in [-0.3, -0.25) is 4.68 Å². The van der Waals surface area contributed by atoms with Gasteiger partial charge in [-0.2, -0.15) is 5.10 Å². The molecule has 136 valence electrons. The lowest BCUT2D eigenvalue weighted by Gasteiger charge is -2.32. The second-order valence-electron chi connectivity index (χ2n) is 7.22. The maximum atomic E-state index is 14.8. The molecule has 2 aliphatic heterocycles. The van der Waals surface area contributed by atoms with E-state index in [1.165, 1.54) is 6.07 Å². The van der Waals surface area contributed by atoms with E-state index >= 15 is 0 Å². The topological polar surface area (TPSA) is 41.9 Å². The molecule has 2 unspecified atom stereocenters. The average molecular weight is 352 g/mol. The highest BCUT2D eigenvalue weighted by molar-refractivity contribution is 5.83. The van der Waals surface area contributed by atoms with Crippen molar-refractivity contribution >= 4 is 10.9 Å². The van der Waals surface area contributed by atoms with Crippen molar-refractivity contribution in [1.82, 2.24) is 20.4 Å². The first kappa shape index (κ1) is 16.8. The van der Waals surface area contributed by atoms with Gasteiger partial charge >= 0.3 is 0 Å². The van der Waals surface area contributed by atoms with Crippen LogP contribution in [0.3, 0.4) is 0 Å². The minimum absolute atomic E-state index is 0.107. The molecule has 3 heterocycles. The lowest BCUT2D eigenvalue weighted by molar-refractivity contribution is -0.0429. The molecule has 2 aromatic rings. The van der Waals surface area contributed by atoms with E-state index in [1.54, 1.807) is 17.8 Å². The zero-order valence-corrected chi connectivity index (χ0v) is 14.3. The number of piperidine rings is 2. The van der Waals surface area contributed by atoms with Crippen molar-refractivity contribution in [3.8, 4) is 0 Å². The number of fused-ring (bicyclic) bond motifs is 1. The van der Waals surface area contributed by atoms with Gasteiger partial charge in [-0.15, -0.1) is 0 Å². The number of aryl methyl sites for hydroxylation is 1. The van der Waals surface area contributed by atoms with Crippen LogP contribution in [-0.2, 0) is 7.05 Å². The van der Waals surface area contributed by atoms with Gasteiger partial charge in [0.05, 0.1) is 23.7 Å². The number of nitrogens with one attached hydrogen (secondary N) is 2. The Labute approximate surface area is 144 Å². The van der Waals surface area contributed by atoms with Crippen molar-refractivity contribution in [3.63, 3.8) is 0 Å². The molecular weight excluding hydrogens is 329 g/mol. The van der Waals surface area contributed by atoms with Crippen LogP contribution in [0.5, 0.6) is 0 Å². The van der Waals surface area contributed by atoms with Gasteiger partial charge < -0.3 is 10.6 Å². The Morgan fingerprint density at radius 2 is 2.04 bits per heavy atom. The summed E-state index contributed by atoms with van der Waals surface area (Å²) in [6, 6.07) is 3.00. The minimum atomic E-state index is -2.94. The van der Waals surface area contributed by atoms with Crippen LogP contribution in [0.2, 0.25) is 0 Å². The molecule has 0 radical (unpaired) electrons. The number of benzene rings is 1. The van der Waals surface area contributed by atoms with Crippen molar-refractivity contribution in [2.24, 2.45) is 7.05 Å². The summed E-state index contributed by atoms with van der Waals surface area (Å²) in [7, 11) is 1.80. The smallest absolute Gasteiger partial charge is 0.267 e. The third-order valence-corrected chi connectivity index (χ3v) is 5.54. The highest BCUT2D eigenvalue weighted by atomic mass is 19.3. The van der Waals surface area contributed by atoms with Crippen molar-refractivity contribution in [3.05, 3.63) is 29.2 Å². The van der Waals surface area contributed by atoms with Gasteiger partial charge in [0.1, 0.15) is 5.82 Å². The van der Waals surface area contributed by atoms with E-state index in [-0.39, 0.29) is 17.9 Å². The number of nitrogens with zero attached hydrogens (tertiary/aromatic N) is 2. The molecule has 25 heavy (non-hydrogen) atoms. The van der Waals surface area contributed by atoms with Crippen LogP contribution in [0.1, 0.15) is 42.4 Å². The minimum Gasteiger partial charge on any atom is -0.316 e. The largest absolute Gasteiger partial charge is 0.316 e. The highest BCUT2D eigenvalue weighted by Gasteiger charge is 2.43. The molecule has 2 saturated heterocycles. The summed E-state index contributed by atoms with van der Waals surface area (Å²) in [6.07, 6.45) is 2.30. The van der Waals surface area contributed by atoms with Crippen molar-refractivity contribution in [1.29, 1.82) is 0 Å². The van der Waals surface area contributed by atoms with Gasteiger partial charge in [-0.25, -0.2) is 13.2 Å². The summed E-state index contributed by atoms with van der Waals surface area (Å²) >= 11 is 0. The van der Waals surface area contributed by atoms with Gasteiger partial charge in [-0.1, -0.05) is 0 Å². The molecule has 0 amide bonds. The lowest BCUT2D eigenvalue weighted by Crippen LogP contribution is -2.44. The Hall–Kier alpha value is -1.60. The molecule has 0 bridgehead atoms. The van der Waals surface area contributed by atoms with Crippen molar-refractivity contribution in [2.45, 2.75) is 37.0 Å². The first-order valence-electron chi connectivity index (χ1n) is 8.92. The van der Waals surface area contributed by atoms with Crippen LogP contribution >= 0.6 is 0 Å². The van der Waals surface area contributed by atoms with Gasteiger partial charge in [0.15, 0.2) is 0 Å². The monoisotopic (exact) mass is 352 g/mol. The van der Waals surface area contributed by atoms with E-state index in [4.69, 9.17) is 0 Å². The predicted octanol–water partition coefficient (Wildman–Crippen LogP) is 2.89. The second kappa shape index (κ2) is 6.29. The molecule has 2 aliphatic rings. The summed E-state index contributed by atoms with van der Waals surface area (Å²) in [5, 5.41) is 11.4. The quantitative estimate of drug-likeness (QED) is 0.873. The highest BCUT2D eigenvalue weighted by Crippen LogP contribution is 2.41. The number of aromatic nitrogens is 2. The Bertz CT molecular complexity index is 780. The second-order valence-corrected chi connectivity index (χ2v) is 7.22. The summed E-state index contributed by atoms with van der Waals surface area (Å²) < 4.78 is 45.0. The predicted molar refractivity (Wildman–Crippen MR) is 90.7 cm³/mol. The van der Waals surface area contributed by atoms with Crippen molar-refractivity contribution < 1.29 is 13.2 Å². The zero-order chi connectivity index (χ0) is 17.6. The summed E-state index contributed by atoms with van der Waals surface area (Å²) in [5.74, 6) is -4.34. The Morgan fingerprint density at radius 3 is 2.76 bits per heavy atom. The lowest BCUT2D eigenvalue weighted by atomic mass is 9.85. The van der Waals surface area contributed by atoms with Crippen molar-refractivity contribution in [2.75, 3.05) is 26.2 Å². The maximum Gasteiger partial charge on any atom is 0.267 e. The molecular formula is C18H23F3N4. The zero-order valence-electron chi connectivity index (χ0n) is 14.3. The standard InChI is InChI=1S/C18H23F3N4/c1-25-16-8-12(14-4-6-23-10-18(14,20)21)15(19)7-13(16)17(24-25)11-3-2-5-22-9-11/h7-8,11,14,22-23H,2-6,9-10H2,1H3. The molecule has 4 nitrogen and oxygen atoms in total. The normalized spacial score (nSPS) is 26.9. The molecule has 2 N–H and O–H groups in total. The average Bonchev–Trinajstić information content (AvgIpc) is 2.91.